The van der Waals surface area contributed by atoms with Crippen molar-refractivity contribution < 1.29 is 23.9 Å². The van der Waals surface area contributed by atoms with Gasteiger partial charge in [0.15, 0.2) is 0 Å². The van der Waals surface area contributed by atoms with Crippen LogP contribution in [-0.4, -0.2) is 37.2 Å². The molecule has 1 atom stereocenters. The van der Waals surface area contributed by atoms with Gasteiger partial charge in [-0.15, -0.1) is 0 Å². The van der Waals surface area contributed by atoms with Crippen LogP contribution >= 0.6 is 11.6 Å². The van der Waals surface area contributed by atoms with E-state index in [9.17, 15) is 14.4 Å². The topological polar surface area (TPSA) is 93.7 Å². The molecule has 1 fully saturated rings. The summed E-state index contributed by atoms with van der Waals surface area (Å²) in [6, 6.07) is 13.4. The second-order valence-corrected chi connectivity index (χ2v) is 9.55. The fraction of sp³-hybridized carbons (Fsp3) is 0.400. The van der Waals surface area contributed by atoms with Crippen LogP contribution in [0.2, 0.25) is 5.02 Å². The number of rotatable bonds is 7. The Labute approximate surface area is 198 Å². The molecular formula is C25H29ClN2O5. The van der Waals surface area contributed by atoms with Gasteiger partial charge in [0.2, 0.25) is 5.91 Å². The van der Waals surface area contributed by atoms with Gasteiger partial charge < -0.3 is 20.1 Å². The van der Waals surface area contributed by atoms with Crippen LogP contribution in [0.5, 0.6) is 0 Å². The predicted molar refractivity (Wildman–Crippen MR) is 125 cm³/mol. The molecule has 3 rings (SSSR count). The third-order valence-corrected chi connectivity index (χ3v) is 5.73. The van der Waals surface area contributed by atoms with E-state index < -0.39 is 29.1 Å². The van der Waals surface area contributed by atoms with Crippen molar-refractivity contribution in [1.29, 1.82) is 0 Å². The highest BCUT2D eigenvalue weighted by Crippen LogP contribution is 2.48. The molecule has 0 aliphatic heterocycles. The Morgan fingerprint density at radius 3 is 2.15 bits per heavy atom. The minimum Gasteiger partial charge on any atom is -0.465 e. The SMILES string of the molecule is COC(=O)c1ccc(C(CNC(=O)C2(c3ccc(Cl)cc3)CC2)NC(=O)OC(C)(C)C)cc1. The molecule has 2 aromatic rings. The van der Waals surface area contributed by atoms with Crippen LogP contribution in [0.1, 0.15) is 61.1 Å². The van der Waals surface area contributed by atoms with E-state index in [1.54, 1.807) is 57.2 Å². The van der Waals surface area contributed by atoms with Crippen molar-refractivity contribution in [2.24, 2.45) is 0 Å². The van der Waals surface area contributed by atoms with Crippen LogP contribution in [0.25, 0.3) is 0 Å². The Kier molecular flexibility index (Phi) is 7.32. The number of carbonyl (C=O) groups is 3. The number of hydrogen-bond donors (Lipinski definition) is 2. The highest BCUT2D eigenvalue weighted by molar-refractivity contribution is 6.30. The van der Waals surface area contributed by atoms with E-state index in [1.165, 1.54) is 7.11 Å². The van der Waals surface area contributed by atoms with E-state index in [1.807, 2.05) is 12.1 Å². The molecule has 0 bridgehead atoms. The van der Waals surface area contributed by atoms with Gasteiger partial charge in [-0.05, 0) is 69.0 Å². The smallest absolute Gasteiger partial charge is 0.408 e. The Morgan fingerprint density at radius 2 is 1.64 bits per heavy atom. The number of esters is 1. The first-order valence-electron chi connectivity index (χ1n) is 10.8. The first-order chi connectivity index (χ1) is 15.5. The molecule has 0 heterocycles. The summed E-state index contributed by atoms with van der Waals surface area (Å²) in [6.07, 6.45) is 0.898. The van der Waals surface area contributed by atoms with Crippen molar-refractivity contribution >= 4 is 29.6 Å². The van der Waals surface area contributed by atoms with Crippen LogP contribution in [-0.2, 0) is 19.7 Å². The zero-order chi connectivity index (χ0) is 24.2. The molecule has 176 valence electrons. The normalized spacial score (nSPS) is 15.2. The lowest BCUT2D eigenvalue weighted by Crippen LogP contribution is -2.43. The number of halogens is 1. The third-order valence-electron chi connectivity index (χ3n) is 5.47. The monoisotopic (exact) mass is 472 g/mol. The van der Waals surface area contributed by atoms with Gasteiger partial charge in [0.1, 0.15) is 5.60 Å². The van der Waals surface area contributed by atoms with E-state index in [2.05, 4.69) is 10.6 Å². The quantitative estimate of drug-likeness (QED) is 0.577. The predicted octanol–water partition coefficient (Wildman–Crippen LogP) is 4.54. The lowest BCUT2D eigenvalue weighted by atomic mass is 9.94. The molecule has 2 amide bonds. The van der Waals surface area contributed by atoms with Crippen LogP contribution in [0.3, 0.4) is 0 Å². The summed E-state index contributed by atoms with van der Waals surface area (Å²) in [5.74, 6) is -0.558. The molecule has 2 aromatic carbocycles. The molecule has 2 N–H and O–H groups in total. The maximum Gasteiger partial charge on any atom is 0.408 e. The van der Waals surface area contributed by atoms with Gasteiger partial charge in [0.25, 0.3) is 0 Å². The standard InChI is InChI=1S/C25H29ClN2O5/c1-24(2,3)33-23(31)28-20(16-5-7-17(8-6-16)21(29)32-4)15-27-22(30)25(13-14-25)18-9-11-19(26)12-10-18/h5-12,20H,13-15H2,1-4H3,(H,27,30)(H,28,31). The average Bonchev–Trinajstić information content (AvgIpc) is 3.57. The molecule has 1 aliphatic rings. The van der Waals surface area contributed by atoms with E-state index in [0.717, 1.165) is 18.4 Å². The Balaban J connectivity index is 1.75. The first kappa shape index (κ1) is 24.6. The fourth-order valence-corrected chi connectivity index (χ4v) is 3.70. The lowest BCUT2D eigenvalue weighted by molar-refractivity contribution is -0.123. The summed E-state index contributed by atoms with van der Waals surface area (Å²) in [5.41, 5.74) is 0.782. The largest absolute Gasteiger partial charge is 0.465 e. The van der Waals surface area contributed by atoms with E-state index >= 15 is 0 Å². The van der Waals surface area contributed by atoms with Gasteiger partial charge in [-0.3, -0.25) is 4.79 Å². The van der Waals surface area contributed by atoms with Gasteiger partial charge in [0, 0.05) is 11.6 Å². The lowest BCUT2D eigenvalue weighted by Gasteiger charge is -2.25. The van der Waals surface area contributed by atoms with E-state index in [4.69, 9.17) is 21.1 Å². The van der Waals surface area contributed by atoms with Gasteiger partial charge in [-0.25, -0.2) is 9.59 Å². The van der Waals surface area contributed by atoms with E-state index in [0.29, 0.717) is 16.1 Å². The van der Waals surface area contributed by atoms with Crippen molar-refractivity contribution in [3.8, 4) is 0 Å². The molecule has 1 unspecified atom stereocenters. The van der Waals surface area contributed by atoms with Crippen LogP contribution in [0.4, 0.5) is 4.79 Å². The summed E-state index contributed by atoms with van der Waals surface area (Å²) >= 11 is 5.98. The molecule has 1 aliphatic carbocycles. The van der Waals surface area contributed by atoms with Crippen LogP contribution in [0, 0.1) is 0 Å². The number of alkyl carbamates (subject to hydrolysis) is 1. The molecule has 7 nitrogen and oxygen atoms in total. The average molecular weight is 473 g/mol. The maximum atomic E-state index is 13.1. The molecule has 33 heavy (non-hydrogen) atoms. The molecule has 8 heteroatoms. The Morgan fingerprint density at radius 1 is 1.03 bits per heavy atom. The van der Waals surface area contributed by atoms with Gasteiger partial charge >= 0.3 is 12.1 Å². The number of amides is 2. The molecule has 0 aromatic heterocycles. The van der Waals surface area contributed by atoms with Crippen LogP contribution in [0.15, 0.2) is 48.5 Å². The minimum absolute atomic E-state index is 0.105. The number of hydrogen-bond acceptors (Lipinski definition) is 5. The summed E-state index contributed by atoms with van der Waals surface area (Å²) in [7, 11) is 1.31. The fourth-order valence-electron chi connectivity index (χ4n) is 3.58. The zero-order valence-electron chi connectivity index (χ0n) is 19.2. The summed E-state index contributed by atoms with van der Waals surface area (Å²) in [6.45, 7) is 5.48. The first-order valence-corrected chi connectivity index (χ1v) is 11.1. The van der Waals surface area contributed by atoms with Crippen molar-refractivity contribution in [2.45, 2.75) is 50.7 Å². The molecule has 0 radical (unpaired) electrons. The highest BCUT2D eigenvalue weighted by atomic mass is 35.5. The van der Waals surface area contributed by atoms with Gasteiger partial charge in [0.05, 0.1) is 24.1 Å². The Hall–Kier alpha value is -3.06. The van der Waals surface area contributed by atoms with Crippen molar-refractivity contribution in [3.05, 3.63) is 70.2 Å². The molecule has 1 saturated carbocycles. The molecule has 0 saturated heterocycles. The van der Waals surface area contributed by atoms with Gasteiger partial charge in [-0.2, -0.15) is 0 Å². The summed E-state index contributed by atoms with van der Waals surface area (Å²) in [5, 5.41) is 6.42. The zero-order valence-corrected chi connectivity index (χ0v) is 20.0. The second kappa shape index (κ2) is 9.83. The summed E-state index contributed by atoms with van der Waals surface area (Å²) in [4.78, 5) is 37.3. The van der Waals surface area contributed by atoms with Crippen LogP contribution < -0.4 is 10.6 Å². The van der Waals surface area contributed by atoms with E-state index in [-0.39, 0.29) is 12.5 Å². The number of carbonyl (C=O) groups excluding carboxylic acids is 3. The second-order valence-electron chi connectivity index (χ2n) is 9.11. The third kappa shape index (κ3) is 6.26. The maximum absolute atomic E-state index is 13.1. The minimum atomic E-state index is -0.667. The van der Waals surface area contributed by atoms with Crippen molar-refractivity contribution in [1.82, 2.24) is 10.6 Å². The van der Waals surface area contributed by atoms with Crippen molar-refractivity contribution in [3.63, 3.8) is 0 Å². The number of ether oxygens (including phenoxy) is 2. The van der Waals surface area contributed by atoms with Crippen molar-refractivity contribution in [2.75, 3.05) is 13.7 Å². The number of methoxy groups -OCH3 is 1. The Bertz CT molecular complexity index is 1010. The summed E-state index contributed by atoms with van der Waals surface area (Å²) < 4.78 is 10.1. The number of nitrogens with one attached hydrogen (secondary N) is 2. The number of benzene rings is 2. The van der Waals surface area contributed by atoms with Gasteiger partial charge in [-0.1, -0.05) is 35.9 Å². The molecular weight excluding hydrogens is 444 g/mol. The highest BCUT2D eigenvalue weighted by Gasteiger charge is 2.51. The molecule has 0 spiro atoms.